The van der Waals surface area contributed by atoms with Gasteiger partial charge in [0.25, 0.3) is 0 Å². The van der Waals surface area contributed by atoms with Gasteiger partial charge in [-0.2, -0.15) is 18.3 Å². The number of carbonyl (C=O) groups excluding carboxylic acids is 2. The lowest BCUT2D eigenvalue weighted by atomic mass is 10.0. The number of anilines is 1. The van der Waals surface area contributed by atoms with Crippen molar-refractivity contribution in [3.8, 4) is 0 Å². The number of alkyl halides is 3. The number of carbonyl (C=O) groups is 2. The Morgan fingerprint density at radius 2 is 2.12 bits per heavy atom. The van der Waals surface area contributed by atoms with Crippen molar-refractivity contribution in [2.45, 2.75) is 75.6 Å². The Kier molecular flexibility index (Phi) is 5.87. The van der Waals surface area contributed by atoms with Crippen LogP contribution in [0.25, 0.3) is 0 Å². The van der Waals surface area contributed by atoms with Gasteiger partial charge in [0.15, 0.2) is 5.82 Å². The van der Waals surface area contributed by atoms with E-state index < -0.39 is 30.3 Å². The number of H-pyrrole nitrogens is 1. The summed E-state index contributed by atoms with van der Waals surface area (Å²) >= 11 is 0. The molecule has 2 saturated carbocycles. The summed E-state index contributed by atoms with van der Waals surface area (Å²) in [7, 11) is 0. The maximum Gasteiger partial charge on any atom is 0.407 e. The Balaban J connectivity index is 1.24. The molecule has 0 bridgehead atoms. The molecule has 2 fully saturated rings. The molecule has 0 saturated heterocycles. The number of amides is 2. The summed E-state index contributed by atoms with van der Waals surface area (Å²) in [5, 5.41) is 12.0. The Bertz CT molecular complexity index is 982. The molecule has 12 heteroatoms. The minimum atomic E-state index is -4.33. The van der Waals surface area contributed by atoms with Crippen molar-refractivity contribution < 1.29 is 31.9 Å². The van der Waals surface area contributed by atoms with E-state index in [2.05, 4.69) is 25.8 Å². The van der Waals surface area contributed by atoms with E-state index in [1.807, 2.05) is 0 Å². The van der Waals surface area contributed by atoms with Gasteiger partial charge in [0.1, 0.15) is 18.3 Å². The van der Waals surface area contributed by atoms with Gasteiger partial charge >= 0.3 is 12.3 Å². The first-order chi connectivity index (χ1) is 15.1. The van der Waals surface area contributed by atoms with Gasteiger partial charge in [0.05, 0.1) is 18.2 Å². The molecule has 9 nitrogen and oxygen atoms in total. The first-order valence-electron chi connectivity index (χ1n) is 10.4. The fourth-order valence-electron chi connectivity index (χ4n) is 4.02. The standard InChI is InChI=1S/C20H24F3N5O4/c1-11-9-24-17(31-11)8-16(29)25-15-7-14(27-28-15)12-2-3-13(6-12)32-18(30)26-19(4-5-19)10-20(21,22)23/h7,9,12-13H,2-6,8,10H2,1H3,(H,26,30)(H2,25,27,28,29). The smallest absolute Gasteiger partial charge is 0.407 e. The number of aromatic amines is 1. The van der Waals surface area contributed by atoms with Crippen molar-refractivity contribution in [3.63, 3.8) is 0 Å². The quantitative estimate of drug-likeness (QED) is 0.585. The number of oxazole rings is 1. The number of nitrogens with zero attached hydrogens (tertiary/aromatic N) is 2. The number of aromatic nitrogens is 3. The second-order valence-electron chi connectivity index (χ2n) is 8.53. The number of nitrogens with one attached hydrogen (secondary N) is 3. The molecule has 3 N–H and O–H groups in total. The SMILES string of the molecule is Cc1cnc(CC(=O)Nc2cc(C3CCC(OC(=O)NC4(CC(F)(F)F)CC4)C3)[nH]n2)o1. The molecule has 2 aromatic rings. The number of hydrogen-bond acceptors (Lipinski definition) is 6. The van der Waals surface area contributed by atoms with Crippen LogP contribution in [0.4, 0.5) is 23.8 Å². The largest absolute Gasteiger partial charge is 0.446 e. The summed E-state index contributed by atoms with van der Waals surface area (Å²) < 4.78 is 48.6. The van der Waals surface area contributed by atoms with Crippen LogP contribution in [0.1, 0.15) is 61.8 Å². The van der Waals surface area contributed by atoms with E-state index in [1.165, 1.54) is 6.20 Å². The van der Waals surface area contributed by atoms with E-state index in [4.69, 9.17) is 9.15 Å². The molecule has 2 aliphatic carbocycles. The van der Waals surface area contributed by atoms with E-state index >= 15 is 0 Å². The zero-order valence-electron chi connectivity index (χ0n) is 17.4. The maximum atomic E-state index is 12.6. The third kappa shape index (κ3) is 5.80. The third-order valence-electron chi connectivity index (χ3n) is 5.70. The van der Waals surface area contributed by atoms with Gasteiger partial charge in [0.2, 0.25) is 11.8 Å². The van der Waals surface area contributed by atoms with Crippen LogP contribution in [-0.2, 0) is 16.0 Å². The minimum absolute atomic E-state index is 0.0136. The second-order valence-corrected chi connectivity index (χ2v) is 8.53. The summed E-state index contributed by atoms with van der Waals surface area (Å²) in [5.41, 5.74) is -0.428. The minimum Gasteiger partial charge on any atom is -0.446 e. The second kappa shape index (κ2) is 8.47. The molecule has 0 spiro atoms. The number of ether oxygens (including phenoxy) is 1. The Morgan fingerprint density at radius 1 is 1.34 bits per heavy atom. The van der Waals surface area contributed by atoms with Gasteiger partial charge in [-0.05, 0) is 39.0 Å². The van der Waals surface area contributed by atoms with Crippen LogP contribution in [0.3, 0.4) is 0 Å². The molecule has 4 rings (SSSR count). The van der Waals surface area contributed by atoms with Gasteiger partial charge in [-0.25, -0.2) is 9.78 Å². The molecular weight excluding hydrogens is 431 g/mol. The van der Waals surface area contributed by atoms with Crippen molar-refractivity contribution in [2.24, 2.45) is 0 Å². The molecule has 2 aromatic heterocycles. The number of hydrogen-bond donors (Lipinski definition) is 3. The Hall–Kier alpha value is -3.05. The monoisotopic (exact) mass is 455 g/mol. The van der Waals surface area contributed by atoms with Crippen LogP contribution in [0, 0.1) is 6.92 Å². The summed E-state index contributed by atoms with van der Waals surface area (Å²) in [5.74, 6) is 1.01. The lowest BCUT2D eigenvalue weighted by molar-refractivity contribution is -0.141. The average molecular weight is 455 g/mol. The zero-order valence-corrected chi connectivity index (χ0v) is 17.4. The van der Waals surface area contributed by atoms with Crippen molar-refractivity contribution in [1.29, 1.82) is 0 Å². The fourth-order valence-corrected chi connectivity index (χ4v) is 4.02. The topological polar surface area (TPSA) is 122 Å². The maximum absolute atomic E-state index is 12.6. The van der Waals surface area contributed by atoms with Crippen molar-refractivity contribution >= 4 is 17.8 Å². The van der Waals surface area contributed by atoms with E-state index in [9.17, 15) is 22.8 Å². The van der Waals surface area contributed by atoms with E-state index in [-0.39, 0.29) is 18.2 Å². The van der Waals surface area contributed by atoms with Crippen LogP contribution in [0.5, 0.6) is 0 Å². The van der Waals surface area contributed by atoms with Gasteiger partial charge in [-0.15, -0.1) is 0 Å². The molecule has 0 aromatic carbocycles. The predicted octanol–water partition coefficient (Wildman–Crippen LogP) is 3.73. The first kappa shape index (κ1) is 22.2. The van der Waals surface area contributed by atoms with Crippen LogP contribution in [0.2, 0.25) is 0 Å². The Labute approximate surface area is 181 Å². The summed E-state index contributed by atoms with van der Waals surface area (Å²) in [4.78, 5) is 28.2. The Morgan fingerprint density at radius 3 is 2.78 bits per heavy atom. The summed E-state index contributed by atoms with van der Waals surface area (Å²) in [6, 6.07) is 1.72. The molecule has 0 radical (unpaired) electrons. The van der Waals surface area contributed by atoms with E-state index in [0.29, 0.717) is 43.2 Å². The number of rotatable bonds is 7. The normalized spacial score (nSPS) is 21.9. The molecular formula is C20H24F3N5O4. The van der Waals surface area contributed by atoms with E-state index in [1.54, 1.807) is 13.0 Å². The lowest BCUT2D eigenvalue weighted by Crippen LogP contribution is -2.41. The molecule has 2 amide bonds. The average Bonchev–Trinajstić information content (AvgIpc) is 3.08. The van der Waals surface area contributed by atoms with Gasteiger partial charge < -0.3 is 19.8 Å². The van der Waals surface area contributed by atoms with Crippen LogP contribution in [-0.4, -0.2) is 45.0 Å². The highest BCUT2D eigenvalue weighted by atomic mass is 19.4. The summed E-state index contributed by atoms with van der Waals surface area (Å²) in [6.45, 7) is 1.74. The number of aryl methyl sites for hydroxylation is 1. The van der Waals surface area contributed by atoms with Crippen molar-refractivity contribution in [1.82, 2.24) is 20.5 Å². The fraction of sp³-hybridized carbons (Fsp3) is 0.600. The highest BCUT2D eigenvalue weighted by Crippen LogP contribution is 2.44. The molecule has 2 unspecified atom stereocenters. The molecule has 174 valence electrons. The highest BCUT2D eigenvalue weighted by molar-refractivity contribution is 5.90. The number of halogens is 3. The van der Waals surface area contributed by atoms with Crippen molar-refractivity contribution in [3.05, 3.63) is 29.6 Å². The molecule has 2 aliphatic rings. The molecule has 2 heterocycles. The third-order valence-corrected chi connectivity index (χ3v) is 5.70. The van der Waals surface area contributed by atoms with Crippen molar-refractivity contribution in [2.75, 3.05) is 5.32 Å². The lowest BCUT2D eigenvalue weighted by Gasteiger charge is -2.20. The van der Waals surface area contributed by atoms with Crippen LogP contribution < -0.4 is 10.6 Å². The van der Waals surface area contributed by atoms with Gasteiger partial charge in [-0.1, -0.05) is 0 Å². The van der Waals surface area contributed by atoms with E-state index in [0.717, 1.165) is 12.1 Å². The molecule has 0 aliphatic heterocycles. The van der Waals surface area contributed by atoms with Crippen LogP contribution >= 0.6 is 0 Å². The number of alkyl carbamates (subject to hydrolysis) is 1. The first-order valence-corrected chi connectivity index (χ1v) is 10.4. The van der Waals surface area contributed by atoms with Crippen LogP contribution in [0.15, 0.2) is 16.7 Å². The van der Waals surface area contributed by atoms with Gasteiger partial charge in [0, 0.05) is 17.7 Å². The molecule has 32 heavy (non-hydrogen) atoms. The van der Waals surface area contributed by atoms with Gasteiger partial charge in [-0.3, -0.25) is 9.89 Å². The highest BCUT2D eigenvalue weighted by Gasteiger charge is 2.52. The summed E-state index contributed by atoms with van der Waals surface area (Å²) in [6.07, 6.45) is -2.62. The predicted molar refractivity (Wildman–Crippen MR) is 105 cm³/mol. The zero-order chi connectivity index (χ0) is 22.9. The molecule has 2 atom stereocenters.